The van der Waals surface area contributed by atoms with Gasteiger partial charge in [0.1, 0.15) is 0 Å². The second-order valence-electron chi connectivity index (χ2n) is 5.60. The van der Waals surface area contributed by atoms with Gasteiger partial charge in [0.25, 0.3) is 5.91 Å². The number of pyridine rings is 1. The fourth-order valence-electron chi connectivity index (χ4n) is 3.43. The molecule has 20 heavy (non-hydrogen) atoms. The van der Waals surface area contributed by atoms with E-state index in [0.29, 0.717) is 16.1 Å². The number of carbonyl (C=O) groups excluding carboxylic acids is 1. The summed E-state index contributed by atoms with van der Waals surface area (Å²) in [5, 5.41) is 0. The number of fused-ring (bicyclic) bond motifs is 1. The molecule has 2 fully saturated rings. The third-order valence-corrected chi connectivity index (χ3v) is 5.11. The maximum absolute atomic E-state index is 12.7. The number of hydrogen-bond acceptors (Lipinski definition) is 3. The number of nitrogens with one attached hydrogen (secondary N) is 1. The van der Waals surface area contributed by atoms with Crippen molar-refractivity contribution in [2.75, 3.05) is 20.1 Å². The highest BCUT2D eigenvalue weighted by Crippen LogP contribution is 2.31. The van der Waals surface area contributed by atoms with Gasteiger partial charge in [-0.2, -0.15) is 0 Å². The summed E-state index contributed by atoms with van der Waals surface area (Å²) in [6, 6.07) is 2.13. The van der Waals surface area contributed by atoms with Crippen LogP contribution in [0, 0.1) is 0 Å². The van der Waals surface area contributed by atoms with Gasteiger partial charge in [0, 0.05) is 41.9 Å². The summed E-state index contributed by atoms with van der Waals surface area (Å²) in [7, 11) is 2.13. The second kappa shape index (κ2) is 5.33. The lowest BCUT2D eigenvalue weighted by Gasteiger charge is -2.39. The van der Waals surface area contributed by atoms with Gasteiger partial charge < -0.3 is 14.8 Å². The summed E-state index contributed by atoms with van der Waals surface area (Å²) >= 11 is 3.35. The number of aromatic nitrogens is 1. The Hall–Kier alpha value is -1.14. The van der Waals surface area contributed by atoms with Crippen molar-refractivity contribution in [2.45, 2.75) is 31.3 Å². The number of hydrogen-bond donors (Lipinski definition) is 1. The molecule has 2 aliphatic heterocycles. The second-order valence-corrected chi connectivity index (χ2v) is 6.46. The molecule has 0 spiro atoms. The van der Waals surface area contributed by atoms with Gasteiger partial charge >= 0.3 is 0 Å². The van der Waals surface area contributed by atoms with E-state index in [1.807, 2.05) is 4.90 Å². The predicted octanol–water partition coefficient (Wildman–Crippen LogP) is 1.45. The molecule has 0 aromatic carbocycles. The molecule has 2 aliphatic rings. The van der Waals surface area contributed by atoms with Crippen molar-refractivity contribution in [3.05, 3.63) is 32.7 Å². The zero-order chi connectivity index (χ0) is 14.3. The number of piperidine rings is 1. The predicted molar refractivity (Wildman–Crippen MR) is 79.9 cm³/mol. The van der Waals surface area contributed by atoms with Gasteiger partial charge in [-0.25, -0.2) is 0 Å². The largest absolute Gasteiger partial charge is 0.334 e. The van der Waals surface area contributed by atoms with E-state index in [-0.39, 0.29) is 17.5 Å². The summed E-state index contributed by atoms with van der Waals surface area (Å²) in [4.78, 5) is 31.1. The first kappa shape index (κ1) is 13.8. The SMILES string of the molecule is CN1CC[C@@H]2[C@H]1CCCN2C(=O)c1cc(=O)[nH]cc1Br. The fraction of sp³-hybridized carbons (Fsp3) is 0.571. The van der Waals surface area contributed by atoms with E-state index in [1.165, 1.54) is 12.3 Å². The number of rotatable bonds is 1. The van der Waals surface area contributed by atoms with Crippen LogP contribution in [0.4, 0.5) is 0 Å². The molecule has 0 saturated carbocycles. The number of likely N-dealkylation sites (tertiary alicyclic amines) is 2. The summed E-state index contributed by atoms with van der Waals surface area (Å²) < 4.78 is 0.649. The van der Waals surface area contributed by atoms with Gasteiger partial charge in [-0.1, -0.05) is 0 Å². The number of aromatic amines is 1. The Labute approximate surface area is 126 Å². The molecular formula is C14H18BrN3O2. The number of likely N-dealkylation sites (N-methyl/N-ethyl adjacent to an activating group) is 1. The van der Waals surface area contributed by atoms with E-state index >= 15 is 0 Å². The van der Waals surface area contributed by atoms with Crippen molar-refractivity contribution in [3.63, 3.8) is 0 Å². The fourth-order valence-corrected chi connectivity index (χ4v) is 3.82. The van der Waals surface area contributed by atoms with E-state index in [2.05, 4.69) is 32.9 Å². The third kappa shape index (κ3) is 2.31. The minimum absolute atomic E-state index is 0.0343. The first-order chi connectivity index (χ1) is 9.58. The van der Waals surface area contributed by atoms with Crippen LogP contribution in [-0.4, -0.2) is 52.9 Å². The standard InChI is InChI=1S/C14H18BrN3O2/c1-17-6-4-12-11(17)3-2-5-18(12)14(20)9-7-13(19)16-8-10(9)15/h7-8,11-12H,2-6H2,1H3,(H,16,19)/t11-,12-/m1/s1. The van der Waals surface area contributed by atoms with Gasteiger partial charge in [0.2, 0.25) is 5.56 Å². The summed E-state index contributed by atoms with van der Waals surface area (Å²) in [6.45, 7) is 1.82. The van der Waals surface area contributed by atoms with Gasteiger partial charge in [0.15, 0.2) is 0 Å². The van der Waals surface area contributed by atoms with Gasteiger partial charge in [-0.15, -0.1) is 0 Å². The maximum atomic E-state index is 12.7. The number of carbonyl (C=O) groups is 1. The van der Waals surface area contributed by atoms with Crippen LogP contribution in [0.25, 0.3) is 0 Å². The van der Waals surface area contributed by atoms with E-state index < -0.39 is 0 Å². The molecular weight excluding hydrogens is 322 g/mol. The molecule has 5 nitrogen and oxygen atoms in total. The van der Waals surface area contributed by atoms with E-state index in [1.54, 1.807) is 0 Å². The molecule has 0 unspecified atom stereocenters. The topological polar surface area (TPSA) is 56.4 Å². The molecule has 108 valence electrons. The summed E-state index contributed by atoms with van der Waals surface area (Å²) in [6.07, 6.45) is 4.74. The van der Waals surface area contributed by atoms with E-state index in [4.69, 9.17) is 0 Å². The van der Waals surface area contributed by atoms with Crippen LogP contribution in [0.5, 0.6) is 0 Å². The van der Waals surface area contributed by atoms with Crippen LogP contribution in [0.2, 0.25) is 0 Å². The van der Waals surface area contributed by atoms with E-state index in [9.17, 15) is 9.59 Å². The van der Waals surface area contributed by atoms with Crippen LogP contribution in [0.1, 0.15) is 29.6 Å². The quantitative estimate of drug-likeness (QED) is 0.842. The normalized spacial score (nSPS) is 26.6. The molecule has 2 saturated heterocycles. The molecule has 1 aromatic rings. The Morgan fingerprint density at radius 2 is 2.15 bits per heavy atom. The van der Waals surface area contributed by atoms with Gasteiger partial charge in [0.05, 0.1) is 5.56 Å². The van der Waals surface area contributed by atoms with Crippen LogP contribution in [-0.2, 0) is 0 Å². The summed E-state index contributed by atoms with van der Waals surface area (Å²) in [5.41, 5.74) is 0.220. The first-order valence-corrected chi connectivity index (χ1v) is 7.76. The third-order valence-electron chi connectivity index (χ3n) is 4.45. The maximum Gasteiger partial charge on any atom is 0.255 e. The highest BCUT2D eigenvalue weighted by molar-refractivity contribution is 9.10. The van der Waals surface area contributed by atoms with Crippen molar-refractivity contribution >= 4 is 21.8 Å². The van der Waals surface area contributed by atoms with Crippen LogP contribution in [0.15, 0.2) is 21.5 Å². The molecule has 0 bridgehead atoms. The number of H-pyrrole nitrogens is 1. The van der Waals surface area contributed by atoms with Crippen molar-refractivity contribution in [1.82, 2.24) is 14.8 Å². The molecule has 6 heteroatoms. The Balaban J connectivity index is 1.90. The molecule has 1 N–H and O–H groups in total. The lowest BCUT2D eigenvalue weighted by atomic mass is 9.96. The van der Waals surface area contributed by atoms with Crippen molar-refractivity contribution in [1.29, 1.82) is 0 Å². The molecule has 3 heterocycles. The minimum atomic E-state index is -0.242. The molecule has 2 atom stereocenters. The van der Waals surface area contributed by atoms with Crippen LogP contribution < -0.4 is 5.56 Å². The monoisotopic (exact) mass is 339 g/mol. The summed E-state index contributed by atoms with van der Waals surface area (Å²) in [5.74, 6) is -0.0343. The smallest absolute Gasteiger partial charge is 0.255 e. The average molecular weight is 340 g/mol. The minimum Gasteiger partial charge on any atom is -0.334 e. The molecule has 1 aromatic heterocycles. The molecule has 1 amide bonds. The highest BCUT2D eigenvalue weighted by atomic mass is 79.9. The van der Waals surface area contributed by atoms with Crippen molar-refractivity contribution in [3.8, 4) is 0 Å². The number of nitrogens with zero attached hydrogens (tertiary/aromatic N) is 2. The lowest BCUT2D eigenvalue weighted by molar-refractivity contribution is 0.0542. The Kier molecular flexibility index (Phi) is 3.69. The van der Waals surface area contributed by atoms with Crippen LogP contribution >= 0.6 is 15.9 Å². The average Bonchev–Trinajstić information content (AvgIpc) is 2.83. The highest BCUT2D eigenvalue weighted by Gasteiger charge is 2.40. The zero-order valence-corrected chi connectivity index (χ0v) is 13.0. The van der Waals surface area contributed by atoms with Crippen molar-refractivity contribution < 1.29 is 4.79 Å². The number of halogens is 1. The first-order valence-electron chi connectivity index (χ1n) is 6.97. The zero-order valence-electron chi connectivity index (χ0n) is 11.4. The Morgan fingerprint density at radius 1 is 1.35 bits per heavy atom. The van der Waals surface area contributed by atoms with E-state index in [0.717, 1.165) is 32.4 Å². The van der Waals surface area contributed by atoms with Crippen LogP contribution in [0.3, 0.4) is 0 Å². The molecule has 0 radical (unpaired) electrons. The van der Waals surface area contributed by atoms with Crippen molar-refractivity contribution in [2.24, 2.45) is 0 Å². The number of amides is 1. The molecule has 3 rings (SSSR count). The lowest BCUT2D eigenvalue weighted by Crippen LogP contribution is -2.51. The Morgan fingerprint density at radius 3 is 2.95 bits per heavy atom. The van der Waals surface area contributed by atoms with Gasteiger partial charge in [-0.3, -0.25) is 9.59 Å². The van der Waals surface area contributed by atoms with Gasteiger partial charge in [-0.05, 0) is 42.2 Å². The Bertz CT molecular complexity index is 586. The molecule has 0 aliphatic carbocycles.